The smallest absolute Gasteiger partial charge is 0.336 e. The third kappa shape index (κ3) is 4.58. The summed E-state index contributed by atoms with van der Waals surface area (Å²) in [4.78, 5) is 26.6. The van der Waals surface area contributed by atoms with E-state index in [0.29, 0.717) is 34.5 Å². The van der Waals surface area contributed by atoms with Gasteiger partial charge in [0.05, 0.1) is 12.2 Å². The van der Waals surface area contributed by atoms with E-state index in [-0.39, 0.29) is 41.8 Å². The van der Waals surface area contributed by atoms with Crippen molar-refractivity contribution >= 4 is 23.4 Å². The number of carbonyl (C=O) groups is 2. The quantitative estimate of drug-likeness (QED) is 0.454. The van der Waals surface area contributed by atoms with Crippen LogP contribution in [0.2, 0.25) is 5.02 Å². The molecule has 0 bridgehead atoms. The Labute approximate surface area is 202 Å². The summed E-state index contributed by atoms with van der Waals surface area (Å²) in [7, 11) is 1.51. The number of benzene rings is 2. The molecule has 0 amide bonds. The van der Waals surface area contributed by atoms with Gasteiger partial charge in [-0.2, -0.15) is 0 Å². The van der Waals surface area contributed by atoms with Gasteiger partial charge in [0.2, 0.25) is 0 Å². The van der Waals surface area contributed by atoms with Crippen molar-refractivity contribution in [1.29, 1.82) is 0 Å². The maximum absolute atomic E-state index is 14.6. The van der Waals surface area contributed by atoms with Crippen LogP contribution >= 0.6 is 11.6 Å². The van der Waals surface area contributed by atoms with Crippen LogP contribution in [-0.4, -0.2) is 37.2 Å². The second-order valence-corrected chi connectivity index (χ2v) is 8.78. The third-order valence-corrected chi connectivity index (χ3v) is 6.51. The lowest BCUT2D eigenvalue weighted by Gasteiger charge is -2.37. The summed E-state index contributed by atoms with van der Waals surface area (Å²) in [6.07, 6.45) is 0.391. The van der Waals surface area contributed by atoms with E-state index in [0.717, 1.165) is 0 Å². The fraction of sp³-hybridized carbons (Fsp3) is 0.308. The highest BCUT2D eigenvalue weighted by molar-refractivity contribution is 6.31. The first-order valence-electron chi connectivity index (χ1n) is 10.9. The Hall–Kier alpha value is -3.16. The Morgan fingerprint density at radius 1 is 1.21 bits per heavy atom. The highest BCUT2D eigenvalue weighted by atomic mass is 35.5. The number of carbonyl (C=O) groups excluding carboxylic acids is 2. The van der Waals surface area contributed by atoms with Gasteiger partial charge in [0.15, 0.2) is 5.78 Å². The van der Waals surface area contributed by atoms with Crippen LogP contribution in [0.5, 0.6) is 5.75 Å². The second kappa shape index (κ2) is 9.99. The van der Waals surface area contributed by atoms with Crippen LogP contribution in [0.4, 0.5) is 4.39 Å². The molecule has 8 heteroatoms. The predicted octanol–water partition coefficient (Wildman–Crippen LogP) is 4.74. The van der Waals surface area contributed by atoms with Crippen LogP contribution in [0.1, 0.15) is 42.7 Å². The van der Waals surface area contributed by atoms with Gasteiger partial charge in [-0.05, 0) is 43.2 Å². The Balaban J connectivity index is 1.78. The monoisotopic (exact) mass is 485 g/mol. The molecule has 34 heavy (non-hydrogen) atoms. The first kappa shape index (κ1) is 24.0. The highest BCUT2D eigenvalue weighted by Crippen LogP contribution is 2.47. The molecule has 4 rings (SSSR count). The van der Waals surface area contributed by atoms with E-state index in [1.165, 1.54) is 31.4 Å². The van der Waals surface area contributed by atoms with Crippen molar-refractivity contribution in [3.8, 4) is 5.75 Å². The number of aromatic hydroxyl groups is 1. The molecule has 0 fully saturated rings. The lowest BCUT2D eigenvalue weighted by atomic mass is 9.71. The van der Waals surface area contributed by atoms with E-state index in [4.69, 9.17) is 21.1 Å². The first-order chi connectivity index (χ1) is 16.3. The van der Waals surface area contributed by atoms with Gasteiger partial charge in [0.1, 0.15) is 18.2 Å². The molecule has 2 aromatic rings. The standard InChI is InChI=1S/C26H25ClFNO5/c1-14-22(26(32)34-10-9-33-2)24(15-5-3-6-17(30)11-15)25-20(29-14)12-16(13-21(25)31)23-18(27)7-4-8-19(23)28/h3-8,11,16,24,29-30H,9-10,12-13H2,1-2H3. The Morgan fingerprint density at radius 2 is 1.97 bits per heavy atom. The Bertz CT molecular complexity index is 1190. The van der Waals surface area contributed by atoms with Crippen LogP contribution in [0.3, 0.4) is 0 Å². The molecule has 0 aromatic heterocycles. The largest absolute Gasteiger partial charge is 0.508 e. The van der Waals surface area contributed by atoms with Gasteiger partial charge in [-0.3, -0.25) is 4.79 Å². The summed E-state index contributed by atoms with van der Waals surface area (Å²) >= 11 is 6.29. The number of phenols is 1. The van der Waals surface area contributed by atoms with Gasteiger partial charge >= 0.3 is 5.97 Å². The van der Waals surface area contributed by atoms with Crippen molar-refractivity contribution in [2.24, 2.45) is 0 Å². The number of phenolic OH excluding ortho intramolecular Hbond substituents is 1. The van der Waals surface area contributed by atoms with Crippen molar-refractivity contribution < 1.29 is 28.6 Å². The fourth-order valence-electron chi connectivity index (χ4n) is 4.75. The molecule has 0 spiro atoms. The number of hydrogen-bond donors (Lipinski definition) is 2. The summed E-state index contributed by atoms with van der Waals surface area (Å²) in [6, 6.07) is 10.9. The number of methoxy groups -OCH3 is 1. The number of rotatable bonds is 6. The summed E-state index contributed by atoms with van der Waals surface area (Å²) in [5.74, 6) is -2.41. The Kier molecular flexibility index (Phi) is 7.05. The van der Waals surface area contributed by atoms with Crippen molar-refractivity contribution in [2.75, 3.05) is 20.3 Å². The molecular formula is C26H25ClFNO5. The number of halogens is 2. The van der Waals surface area contributed by atoms with Crippen LogP contribution in [-0.2, 0) is 19.1 Å². The molecule has 0 saturated heterocycles. The SMILES string of the molecule is COCCOC(=O)C1=C(C)NC2=C(C(=O)CC(c3c(F)cccc3Cl)C2)C1c1cccc(O)c1. The van der Waals surface area contributed by atoms with E-state index >= 15 is 0 Å². The molecule has 178 valence electrons. The number of Topliss-reactive ketones (excluding diaryl/α,β-unsaturated/α-hetero) is 1. The fourth-order valence-corrected chi connectivity index (χ4v) is 5.06. The lowest BCUT2D eigenvalue weighted by molar-refractivity contribution is -0.140. The molecule has 6 nitrogen and oxygen atoms in total. The summed E-state index contributed by atoms with van der Waals surface area (Å²) < 4.78 is 25.0. The highest BCUT2D eigenvalue weighted by Gasteiger charge is 2.42. The summed E-state index contributed by atoms with van der Waals surface area (Å²) in [5.41, 5.74) is 2.74. The normalized spacial score (nSPS) is 20.2. The number of hydrogen-bond acceptors (Lipinski definition) is 6. The molecule has 2 aromatic carbocycles. The van der Waals surface area contributed by atoms with Crippen molar-refractivity contribution in [3.05, 3.63) is 87.0 Å². The van der Waals surface area contributed by atoms with Crippen LogP contribution in [0.25, 0.3) is 0 Å². The average Bonchev–Trinajstić information content (AvgIpc) is 2.78. The van der Waals surface area contributed by atoms with E-state index in [1.54, 1.807) is 25.1 Å². The molecule has 1 aliphatic heterocycles. The molecule has 1 heterocycles. The molecule has 0 saturated carbocycles. The number of esters is 1. The van der Waals surface area contributed by atoms with Crippen molar-refractivity contribution in [2.45, 2.75) is 31.6 Å². The number of dihydropyridines is 1. The molecule has 0 radical (unpaired) electrons. The van der Waals surface area contributed by atoms with Crippen molar-refractivity contribution in [3.63, 3.8) is 0 Å². The lowest BCUT2D eigenvalue weighted by Crippen LogP contribution is -2.36. The molecule has 2 atom stereocenters. The third-order valence-electron chi connectivity index (χ3n) is 6.18. The zero-order chi connectivity index (χ0) is 24.4. The van der Waals surface area contributed by atoms with Crippen LogP contribution in [0, 0.1) is 5.82 Å². The van der Waals surface area contributed by atoms with Gasteiger partial charge in [-0.25, -0.2) is 9.18 Å². The van der Waals surface area contributed by atoms with Gasteiger partial charge in [-0.1, -0.05) is 29.8 Å². The van der Waals surface area contributed by atoms with E-state index in [9.17, 15) is 19.1 Å². The van der Waals surface area contributed by atoms with Gasteiger partial charge < -0.3 is 19.9 Å². The topological polar surface area (TPSA) is 84.9 Å². The number of nitrogens with one attached hydrogen (secondary N) is 1. The van der Waals surface area contributed by atoms with Crippen LogP contribution < -0.4 is 5.32 Å². The summed E-state index contributed by atoms with van der Waals surface area (Å²) in [6.45, 7) is 2.03. The minimum atomic E-state index is -0.733. The second-order valence-electron chi connectivity index (χ2n) is 8.38. The van der Waals surface area contributed by atoms with E-state index in [2.05, 4.69) is 5.32 Å². The zero-order valence-corrected chi connectivity index (χ0v) is 19.6. The van der Waals surface area contributed by atoms with Crippen LogP contribution in [0.15, 0.2) is 65.0 Å². The van der Waals surface area contributed by atoms with Gasteiger partial charge in [0.25, 0.3) is 0 Å². The minimum Gasteiger partial charge on any atom is -0.508 e. The number of ether oxygens (including phenoxy) is 2. The molecular weight excluding hydrogens is 461 g/mol. The zero-order valence-electron chi connectivity index (χ0n) is 18.9. The van der Waals surface area contributed by atoms with Crippen molar-refractivity contribution in [1.82, 2.24) is 5.32 Å². The van der Waals surface area contributed by atoms with Gasteiger partial charge in [-0.15, -0.1) is 0 Å². The first-order valence-corrected chi connectivity index (χ1v) is 11.3. The molecule has 2 aliphatic rings. The van der Waals surface area contributed by atoms with Gasteiger partial charge in [0, 0.05) is 52.9 Å². The minimum absolute atomic E-state index is 0.0159. The van der Waals surface area contributed by atoms with E-state index in [1.807, 2.05) is 0 Å². The maximum Gasteiger partial charge on any atom is 0.336 e. The average molecular weight is 486 g/mol. The Morgan fingerprint density at radius 3 is 2.68 bits per heavy atom. The number of ketones is 1. The molecule has 2 N–H and O–H groups in total. The van der Waals surface area contributed by atoms with E-state index < -0.39 is 23.6 Å². The number of allylic oxidation sites excluding steroid dienone is 3. The predicted molar refractivity (Wildman–Crippen MR) is 125 cm³/mol. The maximum atomic E-state index is 14.6. The molecule has 1 aliphatic carbocycles. The molecule has 2 unspecified atom stereocenters. The summed E-state index contributed by atoms with van der Waals surface area (Å²) in [5, 5.41) is 13.6.